The first-order chi connectivity index (χ1) is 10.3. The van der Waals surface area contributed by atoms with E-state index in [0.717, 1.165) is 0 Å². The van der Waals surface area contributed by atoms with E-state index in [1.165, 1.54) is 0 Å². The van der Waals surface area contributed by atoms with Gasteiger partial charge in [-0.1, -0.05) is 11.8 Å². The first kappa shape index (κ1) is 14.9. The number of rotatable bonds is 0. The Kier molecular flexibility index (Phi) is 3.24. The zero-order valence-corrected chi connectivity index (χ0v) is 10.7. The number of halogens is 8. The van der Waals surface area contributed by atoms with Crippen LogP contribution in [0.25, 0.3) is 0 Å². The summed E-state index contributed by atoms with van der Waals surface area (Å²) in [4.78, 5) is -2.12. The molecule has 116 valence electrons. The second kappa shape index (κ2) is 4.77. The van der Waals surface area contributed by atoms with Crippen LogP contribution in [0, 0.1) is 46.5 Å². The maximum absolute atomic E-state index is 13.6. The quantitative estimate of drug-likeness (QED) is 0.320. The molecule has 0 N–H and O–H groups in total. The lowest BCUT2D eigenvalue weighted by Crippen LogP contribution is -2.10. The average Bonchev–Trinajstić information content (AvgIpc) is 2.52. The molecule has 1 aliphatic heterocycles. The molecule has 0 radical (unpaired) electrons. The van der Waals surface area contributed by atoms with E-state index in [1.54, 1.807) is 0 Å². The van der Waals surface area contributed by atoms with Gasteiger partial charge in [0.2, 0.25) is 23.3 Å². The van der Waals surface area contributed by atoms with Crippen molar-refractivity contribution in [1.29, 1.82) is 0 Å². The maximum atomic E-state index is 13.6. The third-order valence-electron chi connectivity index (χ3n) is 2.77. The van der Waals surface area contributed by atoms with Crippen molar-refractivity contribution in [2.45, 2.75) is 9.79 Å². The van der Waals surface area contributed by atoms with Crippen LogP contribution in [0.5, 0.6) is 11.5 Å². The Balaban J connectivity index is 2.32. The molecule has 0 unspecified atom stereocenters. The topological polar surface area (TPSA) is 9.23 Å². The maximum Gasteiger partial charge on any atom is 0.205 e. The zero-order valence-electron chi connectivity index (χ0n) is 9.84. The highest BCUT2D eigenvalue weighted by Gasteiger charge is 2.37. The van der Waals surface area contributed by atoms with E-state index in [4.69, 9.17) is 0 Å². The molecule has 2 aromatic carbocycles. The van der Waals surface area contributed by atoms with Crippen molar-refractivity contribution >= 4 is 11.8 Å². The van der Waals surface area contributed by atoms with Gasteiger partial charge in [0.05, 0.1) is 9.79 Å². The molecule has 0 bridgehead atoms. The highest BCUT2D eigenvalue weighted by molar-refractivity contribution is 7.99. The molecule has 0 amide bonds. The van der Waals surface area contributed by atoms with E-state index < -0.39 is 67.8 Å². The van der Waals surface area contributed by atoms with E-state index in [1.807, 2.05) is 0 Å². The second-order valence-corrected chi connectivity index (χ2v) is 5.05. The normalized spacial score (nSPS) is 12.7. The highest BCUT2D eigenvalue weighted by atomic mass is 32.2. The third-order valence-corrected chi connectivity index (χ3v) is 3.91. The first-order valence-electron chi connectivity index (χ1n) is 5.33. The second-order valence-electron chi connectivity index (χ2n) is 4.03. The van der Waals surface area contributed by atoms with E-state index in [2.05, 4.69) is 4.74 Å². The monoisotopic (exact) mass is 344 g/mol. The number of hydrogen-bond donors (Lipinski definition) is 0. The van der Waals surface area contributed by atoms with E-state index in [9.17, 15) is 35.1 Å². The standard InChI is InChI=1S/C12F8OS/c13-1-3(15)7(19)11-9(5(1)17)21-10-6(18)2(14)4(16)8(20)12(10)22-11. The van der Waals surface area contributed by atoms with E-state index in [0.29, 0.717) is 0 Å². The molecule has 0 fully saturated rings. The number of benzene rings is 2. The summed E-state index contributed by atoms with van der Waals surface area (Å²) in [6.07, 6.45) is 0. The van der Waals surface area contributed by atoms with Crippen LogP contribution in [-0.2, 0) is 0 Å². The van der Waals surface area contributed by atoms with Crippen molar-refractivity contribution in [3.8, 4) is 11.5 Å². The van der Waals surface area contributed by atoms with Gasteiger partial charge in [-0.05, 0) is 0 Å². The molecule has 10 heteroatoms. The van der Waals surface area contributed by atoms with Gasteiger partial charge >= 0.3 is 0 Å². The van der Waals surface area contributed by atoms with Gasteiger partial charge in [0.15, 0.2) is 34.8 Å². The fraction of sp³-hybridized carbons (Fsp3) is 0. The van der Waals surface area contributed by atoms with Crippen LogP contribution in [-0.4, -0.2) is 0 Å². The molecule has 1 nitrogen and oxygen atoms in total. The van der Waals surface area contributed by atoms with Gasteiger partial charge in [-0.3, -0.25) is 0 Å². The van der Waals surface area contributed by atoms with Crippen LogP contribution in [0.4, 0.5) is 35.1 Å². The van der Waals surface area contributed by atoms with E-state index in [-0.39, 0.29) is 11.8 Å². The molecule has 0 spiro atoms. The Bertz CT molecular complexity index is 700. The van der Waals surface area contributed by atoms with Crippen LogP contribution in [0.15, 0.2) is 9.79 Å². The summed E-state index contributed by atoms with van der Waals surface area (Å²) in [5.41, 5.74) is 0. The van der Waals surface area contributed by atoms with Gasteiger partial charge in [-0.25, -0.2) is 26.3 Å². The Morgan fingerprint density at radius 1 is 0.455 bits per heavy atom. The lowest BCUT2D eigenvalue weighted by atomic mass is 10.2. The Labute approximate surface area is 120 Å². The average molecular weight is 344 g/mol. The highest BCUT2D eigenvalue weighted by Crippen LogP contribution is 2.52. The third kappa shape index (κ3) is 1.79. The molecule has 0 atom stereocenters. The predicted molar refractivity (Wildman–Crippen MR) is 56.7 cm³/mol. The summed E-state index contributed by atoms with van der Waals surface area (Å²) in [6, 6.07) is 0. The predicted octanol–water partition coefficient (Wildman–Crippen LogP) is 5.06. The lowest BCUT2D eigenvalue weighted by molar-refractivity contribution is 0.318. The molecule has 0 saturated carbocycles. The first-order valence-corrected chi connectivity index (χ1v) is 6.14. The Hall–Kier alpha value is -1.97. The lowest BCUT2D eigenvalue weighted by Gasteiger charge is -2.22. The fourth-order valence-corrected chi connectivity index (χ4v) is 2.76. The van der Waals surface area contributed by atoms with Crippen LogP contribution in [0.3, 0.4) is 0 Å². The van der Waals surface area contributed by atoms with Gasteiger partial charge < -0.3 is 4.74 Å². The minimum Gasteiger partial charge on any atom is -0.448 e. The van der Waals surface area contributed by atoms with Crippen LogP contribution in [0.1, 0.15) is 0 Å². The smallest absolute Gasteiger partial charge is 0.205 e. The fourth-order valence-electron chi connectivity index (χ4n) is 1.75. The number of ether oxygens (including phenoxy) is 1. The molecule has 2 aromatic rings. The molecular weight excluding hydrogens is 344 g/mol. The minimum absolute atomic E-state index is 0.159. The van der Waals surface area contributed by atoms with Gasteiger partial charge in [0.25, 0.3) is 0 Å². The molecule has 22 heavy (non-hydrogen) atoms. The summed E-state index contributed by atoms with van der Waals surface area (Å²) >= 11 is -0.159. The Morgan fingerprint density at radius 2 is 0.773 bits per heavy atom. The van der Waals surface area contributed by atoms with Gasteiger partial charge in [-0.2, -0.15) is 8.78 Å². The van der Waals surface area contributed by atoms with Crippen molar-refractivity contribution in [2.24, 2.45) is 0 Å². The van der Waals surface area contributed by atoms with Crippen molar-refractivity contribution < 1.29 is 39.9 Å². The molecule has 0 aliphatic carbocycles. The summed E-state index contributed by atoms with van der Waals surface area (Å²) in [6.45, 7) is 0. The zero-order chi connectivity index (χ0) is 16.3. The van der Waals surface area contributed by atoms with Crippen molar-refractivity contribution in [3.05, 3.63) is 46.5 Å². The summed E-state index contributed by atoms with van der Waals surface area (Å²) in [5, 5.41) is 0. The summed E-state index contributed by atoms with van der Waals surface area (Å²) in [7, 11) is 0. The summed E-state index contributed by atoms with van der Waals surface area (Å²) < 4.78 is 111. The molecule has 3 rings (SSSR count). The minimum atomic E-state index is -2.25. The molecule has 1 aliphatic rings. The molecule has 1 heterocycles. The Morgan fingerprint density at radius 3 is 1.14 bits per heavy atom. The van der Waals surface area contributed by atoms with Crippen molar-refractivity contribution in [2.75, 3.05) is 0 Å². The summed E-state index contributed by atoms with van der Waals surface area (Å²) in [5.74, 6) is -19.4. The van der Waals surface area contributed by atoms with Gasteiger partial charge in [0, 0.05) is 0 Å². The van der Waals surface area contributed by atoms with Crippen molar-refractivity contribution in [3.63, 3.8) is 0 Å². The van der Waals surface area contributed by atoms with Crippen LogP contribution in [0.2, 0.25) is 0 Å². The largest absolute Gasteiger partial charge is 0.448 e. The van der Waals surface area contributed by atoms with Gasteiger partial charge in [-0.15, -0.1) is 0 Å². The SMILES string of the molecule is Fc1c(F)c(F)c2c(c1F)Oc1c(F)c(F)c(F)c(F)c1S2. The molecule has 0 saturated heterocycles. The number of fused-ring (bicyclic) bond motifs is 2. The van der Waals surface area contributed by atoms with E-state index >= 15 is 0 Å². The molecular formula is C12F8OS. The van der Waals surface area contributed by atoms with Crippen LogP contribution < -0.4 is 4.74 Å². The van der Waals surface area contributed by atoms with Gasteiger partial charge in [0.1, 0.15) is 0 Å². The van der Waals surface area contributed by atoms with Crippen LogP contribution >= 0.6 is 11.8 Å². The molecule has 0 aromatic heterocycles. The number of hydrogen-bond acceptors (Lipinski definition) is 2. The van der Waals surface area contributed by atoms with Crippen molar-refractivity contribution in [1.82, 2.24) is 0 Å².